The summed E-state index contributed by atoms with van der Waals surface area (Å²) in [6.45, 7) is 1.27. The van der Waals surface area contributed by atoms with E-state index < -0.39 is 24.3 Å². The molecule has 0 aliphatic rings. The molecule has 0 aliphatic carbocycles. The van der Waals surface area contributed by atoms with Crippen LogP contribution < -0.4 is 0 Å². The minimum atomic E-state index is -4.24. The van der Waals surface area contributed by atoms with E-state index in [2.05, 4.69) is 15.9 Å². The summed E-state index contributed by atoms with van der Waals surface area (Å²) in [5.74, 6) is -1.35. The zero-order chi connectivity index (χ0) is 9.07. The van der Waals surface area contributed by atoms with Crippen LogP contribution in [0.3, 0.4) is 0 Å². The fourth-order valence-corrected chi connectivity index (χ4v) is 1.15. The van der Waals surface area contributed by atoms with Gasteiger partial charge in [-0.25, -0.2) is 0 Å². The van der Waals surface area contributed by atoms with Crippen LogP contribution in [0.25, 0.3) is 0 Å². The lowest BCUT2D eigenvalue weighted by atomic mass is 10.0. The lowest BCUT2D eigenvalue weighted by Crippen LogP contribution is -2.20. The molecule has 66 valence electrons. The second-order valence-electron chi connectivity index (χ2n) is 2.32. The molecule has 0 heterocycles. The van der Waals surface area contributed by atoms with Gasteiger partial charge in [0.15, 0.2) is 0 Å². The summed E-state index contributed by atoms with van der Waals surface area (Å²) in [7, 11) is 0. The molecule has 0 aromatic rings. The van der Waals surface area contributed by atoms with Crippen molar-refractivity contribution in [2.75, 3.05) is 5.33 Å². The van der Waals surface area contributed by atoms with Crippen LogP contribution in [0.15, 0.2) is 0 Å². The normalized spacial score (nSPS) is 14.6. The third kappa shape index (κ3) is 5.24. The van der Waals surface area contributed by atoms with E-state index in [1.807, 2.05) is 0 Å². The third-order valence-corrected chi connectivity index (χ3v) is 1.77. The highest BCUT2D eigenvalue weighted by atomic mass is 79.9. The van der Waals surface area contributed by atoms with Gasteiger partial charge in [0.25, 0.3) is 0 Å². The largest absolute Gasteiger partial charge is 0.389 e. The van der Waals surface area contributed by atoms with Gasteiger partial charge in [0.1, 0.15) is 5.78 Å². The fourth-order valence-electron chi connectivity index (χ4n) is 0.593. The van der Waals surface area contributed by atoms with Crippen LogP contribution in [0.2, 0.25) is 0 Å². The molecule has 0 aromatic heterocycles. The van der Waals surface area contributed by atoms with Crippen LogP contribution in [0, 0.1) is 5.92 Å². The molecule has 1 nitrogen and oxygen atoms in total. The maximum atomic E-state index is 11.6. The van der Waals surface area contributed by atoms with Crippen LogP contribution in [0.5, 0.6) is 0 Å². The minimum absolute atomic E-state index is 0.00968. The molecule has 11 heavy (non-hydrogen) atoms. The molecule has 5 heteroatoms. The van der Waals surface area contributed by atoms with Gasteiger partial charge in [0.2, 0.25) is 0 Å². The molecule has 0 aliphatic heterocycles. The first-order valence-electron chi connectivity index (χ1n) is 3.02. The molecule has 0 radical (unpaired) electrons. The first kappa shape index (κ1) is 10.9. The van der Waals surface area contributed by atoms with Gasteiger partial charge < -0.3 is 0 Å². The van der Waals surface area contributed by atoms with Gasteiger partial charge in [-0.1, -0.05) is 22.9 Å². The van der Waals surface area contributed by atoms with Crippen molar-refractivity contribution >= 4 is 21.7 Å². The van der Waals surface area contributed by atoms with Crippen LogP contribution >= 0.6 is 15.9 Å². The summed E-state index contributed by atoms with van der Waals surface area (Å²) in [5.41, 5.74) is 0. The van der Waals surface area contributed by atoms with Crippen molar-refractivity contribution in [1.82, 2.24) is 0 Å². The predicted molar refractivity (Wildman–Crippen MR) is 38.6 cm³/mol. The van der Waals surface area contributed by atoms with E-state index in [4.69, 9.17) is 0 Å². The zero-order valence-corrected chi connectivity index (χ0v) is 7.50. The Bertz CT molecular complexity index is 143. The van der Waals surface area contributed by atoms with E-state index in [9.17, 15) is 18.0 Å². The molecule has 0 N–H and O–H groups in total. The van der Waals surface area contributed by atoms with E-state index in [-0.39, 0.29) is 5.33 Å². The van der Waals surface area contributed by atoms with Gasteiger partial charge in [0, 0.05) is 5.92 Å². The number of hydrogen-bond donors (Lipinski definition) is 0. The summed E-state index contributed by atoms with van der Waals surface area (Å²) < 4.78 is 34.9. The maximum Gasteiger partial charge on any atom is 0.389 e. The average molecular weight is 233 g/mol. The number of hydrogen-bond acceptors (Lipinski definition) is 1. The fraction of sp³-hybridized carbons (Fsp3) is 0.833. The van der Waals surface area contributed by atoms with E-state index in [1.54, 1.807) is 0 Å². The van der Waals surface area contributed by atoms with E-state index in [1.165, 1.54) is 6.92 Å². The zero-order valence-electron chi connectivity index (χ0n) is 5.91. The van der Waals surface area contributed by atoms with Gasteiger partial charge in [-0.15, -0.1) is 0 Å². The molecule has 0 fully saturated rings. The molecule has 0 spiro atoms. The van der Waals surface area contributed by atoms with Crippen molar-refractivity contribution in [2.45, 2.75) is 19.5 Å². The second kappa shape index (κ2) is 4.09. The molecular weight excluding hydrogens is 225 g/mol. The Morgan fingerprint density at radius 1 is 1.55 bits per heavy atom. The summed E-state index contributed by atoms with van der Waals surface area (Å²) in [5, 5.41) is -0.00968. The molecular formula is C6H8BrF3O. The summed E-state index contributed by atoms with van der Waals surface area (Å²) in [4.78, 5) is 10.6. The molecule has 0 bridgehead atoms. The number of ketones is 1. The van der Waals surface area contributed by atoms with Gasteiger partial charge in [-0.3, -0.25) is 4.79 Å². The number of alkyl halides is 4. The van der Waals surface area contributed by atoms with Crippen molar-refractivity contribution in [3.05, 3.63) is 0 Å². The van der Waals surface area contributed by atoms with Gasteiger partial charge in [0.05, 0.1) is 11.8 Å². The Hall–Kier alpha value is -0.0600. The van der Waals surface area contributed by atoms with Gasteiger partial charge >= 0.3 is 6.18 Å². The van der Waals surface area contributed by atoms with E-state index in [0.717, 1.165) is 0 Å². The maximum absolute atomic E-state index is 11.6. The van der Waals surface area contributed by atoms with Crippen LogP contribution in [-0.2, 0) is 4.79 Å². The molecule has 0 amide bonds. The van der Waals surface area contributed by atoms with Crippen molar-refractivity contribution in [1.29, 1.82) is 0 Å². The molecule has 1 atom stereocenters. The van der Waals surface area contributed by atoms with E-state index in [0.29, 0.717) is 0 Å². The van der Waals surface area contributed by atoms with Crippen molar-refractivity contribution < 1.29 is 18.0 Å². The Labute approximate surface area is 71.1 Å². The van der Waals surface area contributed by atoms with Crippen LogP contribution in [0.1, 0.15) is 13.3 Å². The van der Waals surface area contributed by atoms with E-state index >= 15 is 0 Å². The summed E-state index contributed by atoms with van der Waals surface area (Å²) >= 11 is 2.81. The molecule has 0 aromatic carbocycles. The first-order valence-corrected chi connectivity index (χ1v) is 4.14. The number of Topliss-reactive ketones (excluding diaryl/α,β-unsaturated/α-hetero) is 1. The standard InChI is InChI=1S/C6H8BrF3O/c1-4(5(11)3-7)2-6(8,9)10/h4H,2-3H2,1H3. The predicted octanol–water partition coefficient (Wildman–Crippen LogP) is 2.54. The lowest BCUT2D eigenvalue weighted by molar-refractivity contribution is -0.150. The quantitative estimate of drug-likeness (QED) is 0.684. The third-order valence-electron chi connectivity index (χ3n) is 1.22. The summed E-state index contributed by atoms with van der Waals surface area (Å²) in [6, 6.07) is 0. The second-order valence-corrected chi connectivity index (χ2v) is 2.88. The smallest absolute Gasteiger partial charge is 0.298 e. The Kier molecular flexibility index (Phi) is 4.07. The lowest BCUT2D eigenvalue weighted by Gasteiger charge is -2.10. The topological polar surface area (TPSA) is 17.1 Å². The van der Waals surface area contributed by atoms with Crippen molar-refractivity contribution in [3.63, 3.8) is 0 Å². The SMILES string of the molecule is CC(CC(F)(F)F)C(=O)CBr. The van der Waals surface area contributed by atoms with Gasteiger partial charge in [-0.05, 0) is 0 Å². The first-order chi connectivity index (χ1) is 4.87. The number of halogens is 4. The summed E-state index contributed by atoms with van der Waals surface area (Å²) in [6.07, 6.45) is -5.27. The monoisotopic (exact) mass is 232 g/mol. The Morgan fingerprint density at radius 2 is 2.00 bits per heavy atom. The highest BCUT2D eigenvalue weighted by Gasteiger charge is 2.32. The number of carbonyl (C=O) groups excluding carboxylic acids is 1. The number of carbonyl (C=O) groups is 1. The van der Waals surface area contributed by atoms with Crippen LogP contribution in [-0.4, -0.2) is 17.3 Å². The Morgan fingerprint density at radius 3 is 2.27 bits per heavy atom. The van der Waals surface area contributed by atoms with Crippen molar-refractivity contribution in [3.8, 4) is 0 Å². The molecule has 1 unspecified atom stereocenters. The molecule has 0 saturated carbocycles. The number of rotatable bonds is 3. The van der Waals surface area contributed by atoms with Gasteiger partial charge in [-0.2, -0.15) is 13.2 Å². The molecule has 0 saturated heterocycles. The minimum Gasteiger partial charge on any atom is -0.298 e. The Balaban J connectivity index is 3.87. The highest BCUT2D eigenvalue weighted by Crippen LogP contribution is 2.25. The molecule has 0 rings (SSSR count). The van der Waals surface area contributed by atoms with Crippen LogP contribution in [0.4, 0.5) is 13.2 Å². The highest BCUT2D eigenvalue weighted by molar-refractivity contribution is 9.09. The van der Waals surface area contributed by atoms with Crippen molar-refractivity contribution in [2.24, 2.45) is 5.92 Å². The average Bonchev–Trinajstić information content (AvgIpc) is 1.82.